The monoisotopic (exact) mass is 396 g/mol. The molecule has 0 fully saturated rings. The summed E-state index contributed by atoms with van der Waals surface area (Å²) in [6, 6.07) is 26.6. The van der Waals surface area contributed by atoms with E-state index in [1.54, 1.807) is 6.20 Å². The molecule has 0 saturated carbocycles. The first-order valence-corrected chi connectivity index (χ1v) is 10.4. The van der Waals surface area contributed by atoms with E-state index in [4.69, 9.17) is 7.06 Å². The van der Waals surface area contributed by atoms with Crippen molar-refractivity contribution in [3.63, 3.8) is 0 Å². The van der Waals surface area contributed by atoms with Gasteiger partial charge in [-0.25, -0.2) is 0 Å². The molecule has 4 rings (SSSR count). The summed E-state index contributed by atoms with van der Waals surface area (Å²) in [6.45, 7) is 2.04. The van der Waals surface area contributed by atoms with E-state index in [0.29, 0.717) is 0 Å². The first-order chi connectivity index (χ1) is 12.8. The minimum atomic E-state index is -1.38. The van der Waals surface area contributed by atoms with E-state index in [9.17, 15) is 0 Å². The molecule has 0 aliphatic rings. The van der Waals surface area contributed by atoms with Crippen molar-refractivity contribution in [2.75, 3.05) is 0 Å². The Labute approximate surface area is 161 Å². The molecule has 0 bridgehead atoms. The van der Waals surface area contributed by atoms with Crippen molar-refractivity contribution >= 4 is 29.0 Å². The van der Waals surface area contributed by atoms with Crippen LogP contribution in [0.5, 0.6) is 11.5 Å². The number of hydrogen-bond acceptors (Lipinski definition) is 3. The average molecular weight is 397 g/mol. The Morgan fingerprint density at radius 3 is 2.31 bits per heavy atom. The van der Waals surface area contributed by atoms with Gasteiger partial charge in [-0.1, -0.05) is 0 Å². The van der Waals surface area contributed by atoms with Crippen LogP contribution in [0.25, 0.3) is 22.0 Å². The van der Waals surface area contributed by atoms with Crippen molar-refractivity contribution < 1.29 is 7.06 Å². The summed E-state index contributed by atoms with van der Waals surface area (Å²) in [5, 5.41) is 1.08. The Balaban J connectivity index is 1.45. The van der Waals surface area contributed by atoms with Crippen molar-refractivity contribution in [3.05, 3.63) is 90.6 Å². The van der Waals surface area contributed by atoms with Crippen LogP contribution in [0.4, 0.5) is 0 Å². The molecule has 0 atom stereocenters. The number of aromatic nitrogens is 1. The number of benzene rings is 3. The summed E-state index contributed by atoms with van der Waals surface area (Å²) in [7, 11) is 0. The zero-order valence-electron chi connectivity index (χ0n) is 14.4. The first-order valence-electron chi connectivity index (χ1n) is 8.46. The summed E-state index contributed by atoms with van der Waals surface area (Å²) < 4.78 is 12.0. The van der Waals surface area contributed by atoms with Crippen molar-refractivity contribution in [2.24, 2.45) is 0 Å². The second-order valence-electron chi connectivity index (χ2n) is 6.01. The van der Waals surface area contributed by atoms with Crippen LogP contribution in [0.1, 0.15) is 5.56 Å². The molecule has 0 aliphatic carbocycles. The molecule has 0 N–H and O–H groups in total. The molecular formula is C22H17GaNO2. The Hall–Kier alpha value is -2.69. The van der Waals surface area contributed by atoms with E-state index in [2.05, 4.69) is 41.4 Å². The van der Waals surface area contributed by atoms with Gasteiger partial charge >= 0.3 is 161 Å². The van der Waals surface area contributed by atoms with E-state index < -0.39 is 18.1 Å². The van der Waals surface area contributed by atoms with Crippen LogP contribution < -0.4 is 7.06 Å². The maximum atomic E-state index is 6.04. The van der Waals surface area contributed by atoms with Crippen LogP contribution in [0.2, 0.25) is 0 Å². The quantitative estimate of drug-likeness (QED) is 0.434. The molecular weight excluding hydrogens is 380 g/mol. The maximum absolute atomic E-state index is 6.04. The molecule has 1 radical (unpaired) electrons. The van der Waals surface area contributed by atoms with Crippen molar-refractivity contribution in [1.29, 1.82) is 0 Å². The van der Waals surface area contributed by atoms with Gasteiger partial charge in [0.25, 0.3) is 0 Å². The van der Waals surface area contributed by atoms with Gasteiger partial charge in [0.15, 0.2) is 0 Å². The zero-order valence-corrected chi connectivity index (χ0v) is 16.8. The average Bonchev–Trinajstić information content (AvgIpc) is 2.71. The van der Waals surface area contributed by atoms with Gasteiger partial charge in [-0.05, 0) is 0 Å². The number of aryl methyl sites for hydroxylation is 1. The molecule has 4 heteroatoms. The standard InChI is InChI=1S/C12H10O.C10H9NO.Ga/c13-12-8-6-11(7-9-12)10-4-2-1-3-5-10;1-7-4-5-8-3-2-6-11-9(8)10(7)12;/h1-9,13H;2-6,12H,1H3;/q;;+2/p-2. The fraction of sp³-hybridized carbons (Fsp3) is 0.0455. The number of hydrogen-bond donors (Lipinski definition) is 0. The number of nitrogens with zero attached hydrogens (tertiary/aromatic N) is 1. The van der Waals surface area contributed by atoms with E-state index in [0.717, 1.165) is 28.0 Å². The SMILES string of the molecule is Cc1ccc2cccnc2c1[O][Ga][O]c1ccc(-c2ccccc2)cc1. The fourth-order valence-corrected chi connectivity index (χ4v) is 4.34. The van der Waals surface area contributed by atoms with Crippen LogP contribution >= 0.6 is 0 Å². The first kappa shape index (κ1) is 16.8. The fourth-order valence-electron chi connectivity index (χ4n) is 2.85. The molecule has 125 valence electrons. The second-order valence-corrected chi connectivity index (χ2v) is 7.40. The summed E-state index contributed by atoms with van der Waals surface area (Å²) in [5.74, 6) is 1.68. The normalized spacial score (nSPS) is 10.5. The molecule has 1 heterocycles. The van der Waals surface area contributed by atoms with Gasteiger partial charge in [-0.15, -0.1) is 0 Å². The van der Waals surface area contributed by atoms with Crippen molar-refractivity contribution in [1.82, 2.24) is 4.98 Å². The second kappa shape index (κ2) is 7.68. The Morgan fingerprint density at radius 2 is 1.50 bits per heavy atom. The van der Waals surface area contributed by atoms with Crippen LogP contribution in [-0.2, 0) is 0 Å². The Bertz CT molecular complexity index is 1020. The molecule has 4 aromatic rings. The van der Waals surface area contributed by atoms with Gasteiger partial charge < -0.3 is 0 Å². The number of pyridine rings is 1. The summed E-state index contributed by atoms with van der Waals surface area (Å²) >= 11 is -1.38. The minimum absolute atomic E-state index is 0.837. The molecule has 3 aromatic carbocycles. The Morgan fingerprint density at radius 1 is 0.731 bits per heavy atom. The van der Waals surface area contributed by atoms with Gasteiger partial charge in [0.05, 0.1) is 0 Å². The Kier molecular flexibility index (Phi) is 4.95. The van der Waals surface area contributed by atoms with E-state index >= 15 is 0 Å². The van der Waals surface area contributed by atoms with Crippen LogP contribution in [0.15, 0.2) is 85.1 Å². The van der Waals surface area contributed by atoms with Crippen LogP contribution in [0, 0.1) is 6.92 Å². The van der Waals surface area contributed by atoms with E-state index in [1.807, 2.05) is 49.4 Å². The van der Waals surface area contributed by atoms with Gasteiger partial charge in [-0.3, -0.25) is 0 Å². The zero-order chi connectivity index (χ0) is 17.8. The summed E-state index contributed by atoms with van der Waals surface area (Å²) in [4.78, 5) is 4.46. The molecule has 26 heavy (non-hydrogen) atoms. The number of fused-ring (bicyclic) bond motifs is 1. The summed E-state index contributed by atoms with van der Waals surface area (Å²) in [6.07, 6.45) is 1.79. The number of rotatable bonds is 5. The molecule has 0 amide bonds. The topological polar surface area (TPSA) is 31.4 Å². The third-order valence-electron chi connectivity index (χ3n) is 4.24. The van der Waals surface area contributed by atoms with E-state index in [1.165, 1.54) is 11.1 Å². The van der Waals surface area contributed by atoms with Crippen LogP contribution in [-0.4, -0.2) is 23.1 Å². The van der Waals surface area contributed by atoms with Gasteiger partial charge in [0, 0.05) is 0 Å². The molecule has 0 unspecified atom stereocenters. The molecule has 1 aromatic heterocycles. The van der Waals surface area contributed by atoms with E-state index in [-0.39, 0.29) is 0 Å². The molecule has 0 aliphatic heterocycles. The predicted molar refractivity (Wildman–Crippen MR) is 105 cm³/mol. The molecule has 3 nitrogen and oxygen atoms in total. The van der Waals surface area contributed by atoms with Crippen molar-refractivity contribution in [2.45, 2.75) is 6.92 Å². The predicted octanol–water partition coefficient (Wildman–Crippen LogP) is 5.20. The molecule has 0 saturated heterocycles. The van der Waals surface area contributed by atoms with Gasteiger partial charge in [0.2, 0.25) is 0 Å². The molecule has 0 spiro atoms. The summed E-state index contributed by atoms with van der Waals surface area (Å²) in [5.41, 5.74) is 4.35. The third-order valence-corrected chi connectivity index (χ3v) is 5.71. The van der Waals surface area contributed by atoms with Gasteiger partial charge in [-0.2, -0.15) is 0 Å². The third kappa shape index (κ3) is 3.61. The van der Waals surface area contributed by atoms with Crippen molar-refractivity contribution in [3.8, 4) is 22.6 Å². The van der Waals surface area contributed by atoms with Gasteiger partial charge in [0.1, 0.15) is 0 Å². The van der Waals surface area contributed by atoms with Crippen LogP contribution in [0.3, 0.4) is 0 Å².